The Morgan fingerprint density at radius 2 is 2.12 bits per heavy atom. The number of hydrogen-bond donors (Lipinski definition) is 3. The average molecular weight is 262 g/mol. The number of hydrogen-bond acceptors (Lipinski definition) is 3. The van der Waals surface area contributed by atoms with Crippen molar-refractivity contribution < 1.29 is 22.7 Å². The number of halogens is 1. The lowest BCUT2D eigenvalue weighted by atomic mass is 10.2. The normalized spacial score (nSPS) is 11.2. The van der Waals surface area contributed by atoms with Gasteiger partial charge in [0.2, 0.25) is 0 Å². The number of aromatic carboxylic acids is 1. The Bertz CT molecular complexity index is 530. The smallest absolute Gasteiger partial charge is 0.337 e. The third kappa shape index (κ3) is 3.68. The summed E-state index contributed by atoms with van der Waals surface area (Å²) in [5.74, 6) is -2.17. The predicted octanol–water partition coefficient (Wildman–Crippen LogP) is 0.790. The minimum atomic E-state index is -3.84. The molecule has 0 aliphatic heterocycles. The van der Waals surface area contributed by atoms with Gasteiger partial charge in [0.1, 0.15) is 5.82 Å². The van der Waals surface area contributed by atoms with E-state index in [4.69, 9.17) is 5.11 Å². The van der Waals surface area contributed by atoms with Crippen molar-refractivity contribution in [2.24, 2.45) is 0 Å². The molecule has 0 saturated carbocycles. The molecule has 0 fully saturated rings. The molecule has 0 aliphatic rings. The molecule has 6 nitrogen and oxygen atoms in total. The maximum Gasteiger partial charge on any atom is 0.337 e. The lowest BCUT2D eigenvalue weighted by Crippen LogP contribution is -2.30. The van der Waals surface area contributed by atoms with Gasteiger partial charge in [-0.3, -0.25) is 4.72 Å². The Morgan fingerprint density at radius 3 is 2.65 bits per heavy atom. The molecule has 0 aliphatic carbocycles. The topological polar surface area (TPSA) is 95.5 Å². The summed E-state index contributed by atoms with van der Waals surface area (Å²) in [6.07, 6.45) is 0. The van der Waals surface area contributed by atoms with Crippen molar-refractivity contribution in [3.63, 3.8) is 0 Å². The van der Waals surface area contributed by atoms with Gasteiger partial charge in [-0.1, -0.05) is 6.92 Å². The van der Waals surface area contributed by atoms with E-state index >= 15 is 0 Å². The van der Waals surface area contributed by atoms with Crippen molar-refractivity contribution in [2.45, 2.75) is 6.92 Å². The molecule has 1 aromatic carbocycles. The molecule has 0 spiro atoms. The first-order valence-electron chi connectivity index (χ1n) is 4.66. The van der Waals surface area contributed by atoms with Crippen LogP contribution in [0.5, 0.6) is 0 Å². The standard InChI is InChI=1S/C9H11FN2O4S/c1-2-11-17(15,16)12-8-4-3-6(10)5-7(8)9(13)14/h3-5,11-12H,2H2,1H3,(H,13,14). The molecule has 0 saturated heterocycles. The number of carboxylic acid groups (broad SMARTS) is 1. The number of benzene rings is 1. The van der Waals surface area contributed by atoms with E-state index in [0.717, 1.165) is 18.2 Å². The Morgan fingerprint density at radius 1 is 1.47 bits per heavy atom. The fourth-order valence-electron chi connectivity index (χ4n) is 1.15. The van der Waals surface area contributed by atoms with E-state index in [9.17, 15) is 17.6 Å². The summed E-state index contributed by atoms with van der Waals surface area (Å²) in [4.78, 5) is 10.8. The largest absolute Gasteiger partial charge is 0.478 e. The van der Waals surface area contributed by atoms with Gasteiger partial charge in [-0.2, -0.15) is 13.1 Å². The van der Waals surface area contributed by atoms with Crippen LogP contribution >= 0.6 is 0 Å². The average Bonchev–Trinajstić information content (AvgIpc) is 2.20. The van der Waals surface area contributed by atoms with Gasteiger partial charge in [0.15, 0.2) is 0 Å². The second kappa shape index (κ2) is 5.11. The van der Waals surface area contributed by atoms with Gasteiger partial charge in [0.25, 0.3) is 10.2 Å². The van der Waals surface area contributed by atoms with E-state index in [0.29, 0.717) is 0 Å². The lowest BCUT2D eigenvalue weighted by Gasteiger charge is -2.10. The predicted molar refractivity (Wildman–Crippen MR) is 59.6 cm³/mol. The van der Waals surface area contributed by atoms with Crippen LogP contribution in [0.3, 0.4) is 0 Å². The van der Waals surface area contributed by atoms with Gasteiger partial charge >= 0.3 is 5.97 Å². The molecule has 0 unspecified atom stereocenters. The Hall–Kier alpha value is -1.67. The van der Waals surface area contributed by atoms with Crippen molar-refractivity contribution in [3.8, 4) is 0 Å². The maximum absolute atomic E-state index is 12.8. The summed E-state index contributed by atoms with van der Waals surface area (Å²) in [5, 5.41) is 8.79. The summed E-state index contributed by atoms with van der Waals surface area (Å²) in [6.45, 7) is 1.72. The molecule has 8 heteroatoms. The highest BCUT2D eigenvalue weighted by atomic mass is 32.2. The Kier molecular flexibility index (Phi) is 4.02. The van der Waals surface area contributed by atoms with Crippen LogP contribution in [0.4, 0.5) is 10.1 Å². The van der Waals surface area contributed by atoms with Gasteiger partial charge in [0, 0.05) is 6.54 Å². The minimum Gasteiger partial charge on any atom is -0.478 e. The van der Waals surface area contributed by atoms with E-state index in [2.05, 4.69) is 4.72 Å². The van der Waals surface area contributed by atoms with Crippen LogP contribution in [-0.4, -0.2) is 26.0 Å². The molecule has 0 heterocycles. The number of anilines is 1. The Labute approximate surface area is 97.6 Å². The summed E-state index contributed by atoms with van der Waals surface area (Å²) < 4.78 is 39.7. The third-order valence-electron chi connectivity index (χ3n) is 1.79. The fourth-order valence-corrected chi connectivity index (χ4v) is 2.07. The number of rotatable bonds is 5. The second-order valence-corrected chi connectivity index (χ2v) is 4.60. The molecule has 3 N–H and O–H groups in total. The number of carboxylic acids is 1. The molecule has 0 radical (unpaired) electrons. The fraction of sp³-hybridized carbons (Fsp3) is 0.222. The van der Waals surface area contributed by atoms with Crippen LogP contribution in [-0.2, 0) is 10.2 Å². The van der Waals surface area contributed by atoms with E-state index < -0.39 is 27.6 Å². The lowest BCUT2D eigenvalue weighted by molar-refractivity contribution is 0.0697. The Balaban J connectivity index is 3.11. The first kappa shape index (κ1) is 13.4. The van der Waals surface area contributed by atoms with E-state index in [1.165, 1.54) is 0 Å². The zero-order chi connectivity index (χ0) is 13.1. The highest BCUT2D eigenvalue weighted by Gasteiger charge is 2.16. The molecule has 0 bridgehead atoms. The number of nitrogens with one attached hydrogen (secondary N) is 2. The SMILES string of the molecule is CCNS(=O)(=O)Nc1ccc(F)cc1C(=O)O. The van der Waals surface area contributed by atoms with Crippen molar-refractivity contribution in [3.05, 3.63) is 29.6 Å². The summed E-state index contributed by atoms with van der Waals surface area (Å²) in [7, 11) is -3.84. The molecule has 0 atom stereocenters. The van der Waals surface area contributed by atoms with E-state index in [1.54, 1.807) is 6.92 Å². The van der Waals surface area contributed by atoms with Crippen LogP contribution in [0, 0.1) is 5.82 Å². The van der Waals surface area contributed by atoms with E-state index in [-0.39, 0.29) is 12.2 Å². The molecule has 17 heavy (non-hydrogen) atoms. The monoisotopic (exact) mass is 262 g/mol. The maximum atomic E-state index is 12.8. The van der Waals surface area contributed by atoms with Crippen LogP contribution < -0.4 is 9.44 Å². The van der Waals surface area contributed by atoms with E-state index in [1.807, 2.05) is 4.72 Å². The highest BCUT2D eigenvalue weighted by molar-refractivity contribution is 7.90. The number of carbonyl (C=O) groups is 1. The van der Waals surface area contributed by atoms with Crippen LogP contribution in [0.1, 0.15) is 17.3 Å². The van der Waals surface area contributed by atoms with Crippen molar-refractivity contribution in [1.82, 2.24) is 4.72 Å². The zero-order valence-electron chi connectivity index (χ0n) is 8.90. The molecular weight excluding hydrogens is 251 g/mol. The van der Waals surface area contributed by atoms with Crippen molar-refractivity contribution in [2.75, 3.05) is 11.3 Å². The van der Waals surface area contributed by atoms with Crippen molar-refractivity contribution >= 4 is 21.9 Å². The van der Waals surface area contributed by atoms with Crippen LogP contribution in [0.25, 0.3) is 0 Å². The quantitative estimate of drug-likeness (QED) is 0.731. The third-order valence-corrected chi connectivity index (χ3v) is 2.95. The summed E-state index contributed by atoms with van der Waals surface area (Å²) in [6, 6.07) is 2.76. The molecule has 1 rings (SSSR count). The van der Waals surface area contributed by atoms with Crippen LogP contribution in [0.15, 0.2) is 18.2 Å². The first-order chi connectivity index (χ1) is 7.85. The molecular formula is C9H11FN2O4S. The molecule has 94 valence electrons. The zero-order valence-corrected chi connectivity index (χ0v) is 9.71. The summed E-state index contributed by atoms with van der Waals surface area (Å²) >= 11 is 0. The van der Waals surface area contributed by atoms with Crippen molar-refractivity contribution in [1.29, 1.82) is 0 Å². The van der Waals surface area contributed by atoms with Gasteiger partial charge < -0.3 is 5.11 Å². The molecule has 0 amide bonds. The van der Waals surface area contributed by atoms with Gasteiger partial charge in [-0.25, -0.2) is 9.18 Å². The van der Waals surface area contributed by atoms with Gasteiger partial charge in [0.05, 0.1) is 11.3 Å². The minimum absolute atomic E-state index is 0.152. The van der Waals surface area contributed by atoms with Gasteiger partial charge in [-0.05, 0) is 18.2 Å². The highest BCUT2D eigenvalue weighted by Crippen LogP contribution is 2.17. The molecule has 0 aromatic heterocycles. The first-order valence-corrected chi connectivity index (χ1v) is 6.14. The summed E-state index contributed by atoms with van der Waals surface area (Å²) in [5.41, 5.74) is -0.647. The molecule has 1 aromatic rings. The second-order valence-electron chi connectivity index (χ2n) is 3.10. The van der Waals surface area contributed by atoms with Crippen LogP contribution in [0.2, 0.25) is 0 Å². The van der Waals surface area contributed by atoms with Gasteiger partial charge in [-0.15, -0.1) is 0 Å².